The number of amides is 1. The third kappa shape index (κ3) is 5.55. The van der Waals surface area contributed by atoms with Crippen LogP contribution in [0.25, 0.3) is 0 Å². The summed E-state index contributed by atoms with van der Waals surface area (Å²) in [5, 5.41) is 0. The van der Waals surface area contributed by atoms with Crippen LogP contribution in [-0.4, -0.2) is 74.0 Å². The number of benzene rings is 1. The minimum Gasteiger partial charge on any atom is -0.376 e. The van der Waals surface area contributed by atoms with Crippen molar-refractivity contribution in [1.29, 1.82) is 0 Å². The van der Waals surface area contributed by atoms with Gasteiger partial charge in [-0.3, -0.25) is 9.69 Å². The summed E-state index contributed by atoms with van der Waals surface area (Å²) < 4.78 is 29.7. The second-order valence-electron chi connectivity index (χ2n) is 7.97. The predicted octanol–water partition coefficient (Wildman–Crippen LogP) is 2.01. The molecule has 3 rings (SSSR count). The highest BCUT2D eigenvalue weighted by molar-refractivity contribution is 7.91. The molecule has 2 saturated heterocycles. The van der Waals surface area contributed by atoms with E-state index in [1.807, 2.05) is 12.1 Å². The Kier molecular flexibility index (Phi) is 7.12. The molecule has 1 amide bonds. The third-order valence-corrected chi connectivity index (χ3v) is 7.61. The Hall–Kier alpha value is -1.44. The van der Waals surface area contributed by atoms with Crippen molar-refractivity contribution in [3.8, 4) is 0 Å². The molecule has 6 nitrogen and oxygen atoms in total. The molecule has 2 fully saturated rings. The van der Waals surface area contributed by atoms with Crippen LogP contribution in [0.5, 0.6) is 0 Å². The van der Waals surface area contributed by atoms with Crippen LogP contribution in [0.2, 0.25) is 0 Å². The van der Waals surface area contributed by atoms with Gasteiger partial charge in [0.05, 0.1) is 24.2 Å². The van der Waals surface area contributed by atoms with E-state index in [2.05, 4.69) is 30.9 Å². The number of hydrogen-bond acceptors (Lipinski definition) is 5. The fourth-order valence-electron chi connectivity index (χ4n) is 4.07. The van der Waals surface area contributed by atoms with Gasteiger partial charge in [0.2, 0.25) is 5.91 Å². The zero-order valence-corrected chi connectivity index (χ0v) is 17.8. The molecule has 2 unspecified atom stereocenters. The first-order valence-electron chi connectivity index (χ1n) is 10.3. The number of hydrogen-bond donors (Lipinski definition) is 0. The van der Waals surface area contributed by atoms with E-state index in [4.69, 9.17) is 4.74 Å². The SMILES string of the molecule is CCN(CC(=O)N(CC1CCCO1)C1CCS(=O)(=O)C1)Cc1ccccc1C. The molecule has 0 aromatic heterocycles. The highest BCUT2D eigenvalue weighted by atomic mass is 32.2. The molecule has 1 aromatic carbocycles. The molecule has 2 heterocycles. The Labute approximate surface area is 168 Å². The smallest absolute Gasteiger partial charge is 0.237 e. The molecule has 28 heavy (non-hydrogen) atoms. The van der Waals surface area contributed by atoms with Gasteiger partial charge in [0.25, 0.3) is 0 Å². The molecule has 0 aliphatic carbocycles. The largest absolute Gasteiger partial charge is 0.376 e. The summed E-state index contributed by atoms with van der Waals surface area (Å²) in [7, 11) is -3.04. The summed E-state index contributed by atoms with van der Waals surface area (Å²) in [6.45, 7) is 7.13. The van der Waals surface area contributed by atoms with E-state index in [-0.39, 0.29) is 29.6 Å². The maximum atomic E-state index is 13.2. The second-order valence-corrected chi connectivity index (χ2v) is 10.2. The minimum absolute atomic E-state index is 0.00744. The van der Waals surface area contributed by atoms with Crippen molar-refractivity contribution in [2.75, 3.05) is 37.7 Å². The van der Waals surface area contributed by atoms with E-state index in [1.165, 1.54) is 11.1 Å². The molecule has 0 spiro atoms. The van der Waals surface area contributed by atoms with Gasteiger partial charge in [-0.1, -0.05) is 31.2 Å². The van der Waals surface area contributed by atoms with Crippen molar-refractivity contribution >= 4 is 15.7 Å². The molecule has 0 saturated carbocycles. The topological polar surface area (TPSA) is 66.9 Å². The molecule has 156 valence electrons. The summed E-state index contributed by atoms with van der Waals surface area (Å²) >= 11 is 0. The maximum absolute atomic E-state index is 13.2. The first-order valence-corrected chi connectivity index (χ1v) is 12.1. The fourth-order valence-corrected chi connectivity index (χ4v) is 5.80. The van der Waals surface area contributed by atoms with Crippen LogP contribution in [0.1, 0.15) is 37.3 Å². The van der Waals surface area contributed by atoms with Crippen molar-refractivity contribution in [1.82, 2.24) is 9.80 Å². The van der Waals surface area contributed by atoms with Crippen LogP contribution in [0.15, 0.2) is 24.3 Å². The molecule has 0 N–H and O–H groups in total. The Balaban J connectivity index is 1.69. The lowest BCUT2D eigenvalue weighted by atomic mass is 10.1. The summed E-state index contributed by atoms with van der Waals surface area (Å²) in [6.07, 6.45) is 2.50. The van der Waals surface area contributed by atoms with Crippen molar-refractivity contribution in [2.45, 2.75) is 51.8 Å². The average Bonchev–Trinajstić information content (AvgIpc) is 3.29. The molecule has 2 atom stereocenters. The van der Waals surface area contributed by atoms with Gasteiger partial charge in [-0.25, -0.2) is 8.42 Å². The number of ether oxygens (including phenoxy) is 1. The Bertz CT molecular complexity index is 774. The Morgan fingerprint density at radius 3 is 2.64 bits per heavy atom. The van der Waals surface area contributed by atoms with Gasteiger partial charge in [-0.05, 0) is 43.9 Å². The van der Waals surface area contributed by atoms with Crippen LogP contribution < -0.4 is 0 Å². The first-order chi connectivity index (χ1) is 13.4. The number of aryl methyl sites for hydroxylation is 1. The number of carbonyl (C=O) groups is 1. The summed E-state index contributed by atoms with van der Waals surface area (Å²) in [5.74, 6) is 0.260. The quantitative estimate of drug-likeness (QED) is 0.658. The monoisotopic (exact) mass is 408 g/mol. The summed E-state index contributed by atoms with van der Waals surface area (Å²) in [5.41, 5.74) is 2.43. The van der Waals surface area contributed by atoms with Gasteiger partial charge >= 0.3 is 0 Å². The molecular formula is C21H32N2O4S. The van der Waals surface area contributed by atoms with Crippen LogP contribution in [0.4, 0.5) is 0 Å². The average molecular weight is 409 g/mol. The van der Waals surface area contributed by atoms with Crippen LogP contribution in [0.3, 0.4) is 0 Å². The molecule has 2 aliphatic heterocycles. The summed E-state index contributed by atoms with van der Waals surface area (Å²) in [6, 6.07) is 7.99. The van der Waals surface area contributed by atoms with Gasteiger partial charge in [0.15, 0.2) is 9.84 Å². The van der Waals surface area contributed by atoms with E-state index >= 15 is 0 Å². The second kappa shape index (κ2) is 9.37. The Morgan fingerprint density at radius 2 is 2.04 bits per heavy atom. The van der Waals surface area contributed by atoms with Gasteiger partial charge < -0.3 is 9.64 Å². The highest BCUT2D eigenvalue weighted by Gasteiger charge is 2.36. The van der Waals surface area contributed by atoms with Gasteiger partial charge in [-0.15, -0.1) is 0 Å². The maximum Gasteiger partial charge on any atom is 0.237 e. The first kappa shape index (κ1) is 21.3. The number of nitrogens with zero attached hydrogens (tertiary/aromatic N) is 2. The molecule has 2 aliphatic rings. The fraction of sp³-hybridized carbons (Fsp3) is 0.667. The van der Waals surface area contributed by atoms with E-state index in [9.17, 15) is 13.2 Å². The number of carbonyl (C=O) groups excluding carboxylic acids is 1. The standard InChI is InChI=1S/C21H32N2O4S/c1-3-22(13-18-8-5-4-7-17(18)2)15-21(24)23(14-20-9-6-11-27-20)19-10-12-28(25,26)16-19/h4-5,7-8,19-20H,3,6,9-16H2,1-2H3. The lowest BCUT2D eigenvalue weighted by molar-refractivity contribution is -0.136. The van der Waals surface area contributed by atoms with Crippen LogP contribution in [-0.2, 0) is 25.9 Å². The van der Waals surface area contributed by atoms with Crippen LogP contribution >= 0.6 is 0 Å². The van der Waals surface area contributed by atoms with Crippen molar-refractivity contribution in [2.24, 2.45) is 0 Å². The highest BCUT2D eigenvalue weighted by Crippen LogP contribution is 2.22. The number of likely N-dealkylation sites (N-methyl/N-ethyl adjacent to an activating group) is 1. The summed E-state index contributed by atoms with van der Waals surface area (Å²) in [4.78, 5) is 17.1. The minimum atomic E-state index is -3.04. The van der Waals surface area contributed by atoms with E-state index < -0.39 is 9.84 Å². The molecule has 0 radical (unpaired) electrons. The zero-order chi connectivity index (χ0) is 20.1. The molecule has 1 aromatic rings. The molecule has 7 heteroatoms. The Morgan fingerprint density at radius 1 is 1.25 bits per heavy atom. The van der Waals surface area contributed by atoms with Crippen molar-refractivity contribution in [3.63, 3.8) is 0 Å². The van der Waals surface area contributed by atoms with Crippen molar-refractivity contribution < 1.29 is 17.9 Å². The van der Waals surface area contributed by atoms with Crippen molar-refractivity contribution in [3.05, 3.63) is 35.4 Å². The number of sulfone groups is 1. The normalized spacial score (nSPS) is 24.0. The van der Waals surface area contributed by atoms with E-state index in [0.29, 0.717) is 26.1 Å². The van der Waals surface area contributed by atoms with Gasteiger partial charge in [-0.2, -0.15) is 0 Å². The zero-order valence-electron chi connectivity index (χ0n) is 17.0. The van der Waals surface area contributed by atoms with E-state index in [1.54, 1.807) is 4.90 Å². The van der Waals surface area contributed by atoms with Crippen LogP contribution in [0, 0.1) is 6.92 Å². The lowest BCUT2D eigenvalue weighted by Gasteiger charge is -2.32. The van der Waals surface area contributed by atoms with E-state index in [0.717, 1.165) is 26.0 Å². The number of rotatable bonds is 8. The van der Waals surface area contributed by atoms with Gasteiger partial charge in [0, 0.05) is 25.7 Å². The molecular weight excluding hydrogens is 376 g/mol. The predicted molar refractivity (Wildman–Crippen MR) is 110 cm³/mol. The van der Waals surface area contributed by atoms with Gasteiger partial charge in [0.1, 0.15) is 0 Å². The molecule has 0 bridgehead atoms. The lowest BCUT2D eigenvalue weighted by Crippen LogP contribution is -2.49. The third-order valence-electron chi connectivity index (χ3n) is 5.86.